The fraction of sp³-hybridized carbons (Fsp3) is 0.412. The van der Waals surface area contributed by atoms with Crippen molar-refractivity contribution in [3.8, 4) is 0 Å². The number of nitrogens with zero attached hydrogens (tertiary/aromatic N) is 2. The molecule has 0 aliphatic carbocycles. The van der Waals surface area contributed by atoms with Crippen molar-refractivity contribution in [2.45, 2.75) is 26.2 Å². The summed E-state index contributed by atoms with van der Waals surface area (Å²) in [5.74, 6) is -0.526. The van der Waals surface area contributed by atoms with E-state index in [0.29, 0.717) is 13.1 Å². The number of carbonyl (C=O) groups excluding carboxylic acids is 2. The molecule has 5 rings (SSSR count). The summed E-state index contributed by atoms with van der Waals surface area (Å²) < 4.78 is 5.51. The van der Waals surface area contributed by atoms with Gasteiger partial charge in [0.15, 0.2) is 11.6 Å². The second kappa shape index (κ2) is 12.8. The second-order valence-corrected chi connectivity index (χ2v) is 11.1. The molecule has 2 atom stereocenters. The zero-order chi connectivity index (χ0) is 27.2. The lowest BCUT2D eigenvalue weighted by Crippen LogP contribution is -2.51. The predicted octanol–water partition coefficient (Wildman–Crippen LogP) is 5.42. The molecule has 0 N–H and O–H groups in total. The number of ketones is 2. The van der Waals surface area contributed by atoms with Gasteiger partial charge in [-0.2, -0.15) is 0 Å². The fourth-order valence-electron chi connectivity index (χ4n) is 6.36. The summed E-state index contributed by atoms with van der Waals surface area (Å²) in [6, 6.07) is 25.6. The summed E-state index contributed by atoms with van der Waals surface area (Å²) in [6.45, 7) is 11.0. The molecule has 5 heteroatoms. The highest BCUT2D eigenvalue weighted by molar-refractivity contribution is 6.02. The molecule has 204 valence electrons. The van der Waals surface area contributed by atoms with Crippen LogP contribution in [0.3, 0.4) is 0 Å². The Morgan fingerprint density at radius 2 is 1.26 bits per heavy atom. The van der Waals surface area contributed by atoms with E-state index in [4.69, 9.17) is 4.74 Å². The maximum Gasteiger partial charge on any atom is 0.167 e. The SMILES string of the molecule is Cc1cccc(C2C(C(=O)c3ccccc3)CN(CCCN3CCOCC3)CC2C(=O)c2ccccc2)c1C. The Morgan fingerprint density at radius 3 is 1.82 bits per heavy atom. The van der Waals surface area contributed by atoms with E-state index in [9.17, 15) is 9.59 Å². The molecule has 2 unspecified atom stereocenters. The molecule has 2 saturated heterocycles. The van der Waals surface area contributed by atoms with Crippen molar-refractivity contribution in [1.82, 2.24) is 9.80 Å². The van der Waals surface area contributed by atoms with Crippen LogP contribution in [0.2, 0.25) is 0 Å². The zero-order valence-electron chi connectivity index (χ0n) is 23.2. The number of rotatable bonds is 9. The van der Waals surface area contributed by atoms with E-state index in [1.165, 1.54) is 11.1 Å². The Hall–Kier alpha value is -3.12. The molecule has 0 bridgehead atoms. The lowest BCUT2D eigenvalue weighted by molar-refractivity contribution is 0.0331. The van der Waals surface area contributed by atoms with Gasteiger partial charge in [-0.05, 0) is 50.0 Å². The second-order valence-electron chi connectivity index (χ2n) is 11.1. The Balaban J connectivity index is 1.50. The third-order valence-electron chi connectivity index (χ3n) is 8.62. The molecular formula is C34H40N2O3. The van der Waals surface area contributed by atoms with Crippen LogP contribution in [0, 0.1) is 25.7 Å². The first-order chi connectivity index (χ1) is 19.0. The summed E-state index contributed by atoms with van der Waals surface area (Å²) in [7, 11) is 0. The largest absolute Gasteiger partial charge is 0.379 e. The van der Waals surface area contributed by atoms with Crippen LogP contribution in [0.25, 0.3) is 0 Å². The average Bonchev–Trinajstić information content (AvgIpc) is 2.99. The minimum atomic E-state index is -0.303. The van der Waals surface area contributed by atoms with Crippen LogP contribution in [0.5, 0.6) is 0 Å². The number of ether oxygens (including phenoxy) is 1. The van der Waals surface area contributed by atoms with Gasteiger partial charge in [0.25, 0.3) is 0 Å². The topological polar surface area (TPSA) is 49.9 Å². The van der Waals surface area contributed by atoms with Gasteiger partial charge >= 0.3 is 0 Å². The first kappa shape index (κ1) is 27.4. The van der Waals surface area contributed by atoms with Gasteiger partial charge in [-0.1, -0.05) is 78.9 Å². The summed E-state index contributed by atoms with van der Waals surface area (Å²) in [4.78, 5) is 33.2. The number of morpholine rings is 1. The van der Waals surface area contributed by atoms with E-state index in [0.717, 1.165) is 62.5 Å². The van der Waals surface area contributed by atoms with Crippen LogP contribution < -0.4 is 0 Å². The van der Waals surface area contributed by atoms with Crippen LogP contribution in [-0.4, -0.2) is 73.8 Å². The molecule has 0 amide bonds. The number of Topliss-reactive ketones (excluding diaryl/α,β-unsaturated/α-hetero) is 2. The summed E-state index contributed by atoms with van der Waals surface area (Å²) >= 11 is 0. The first-order valence-electron chi connectivity index (χ1n) is 14.3. The summed E-state index contributed by atoms with van der Waals surface area (Å²) in [5.41, 5.74) is 4.95. The Bertz CT molecular complexity index is 1190. The van der Waals surface area contributed by atoms with Gasteiger partial charge in [-0.25, -0.2) is 0 Å². The molecule has 0 spiro atoms. The van der Waals surface area contributed by atoms with E-state index in [1.807, 2.05) is 60.7 Å². The Labute approximate surface area is 232 Å². The monoisotopic (exact) mass is 524 g/mol. The minimum absolute atomic E-state index is 0.130. The third kappa shape index (κ3) is 6.38. The molecule has 3 aromatic rings. The number of aryl methyl sites for hydroxylation is 1. The van der Waals surface area contributed by atoms with Crippen molar-refractivity contribution >= 4 is 11.6 Å². The molecule has 39 heavy (non-hydrogen) atoms. The number of likely N-dealkylation sites (tertiary alicyclic amines) is 1. The number of hydrogen-bond acceptors (Lipinski definition) is 5. The highest BCUT2D eigenvalue weighted by Crippen LogP contribution is 2.42. The molecule has 2 heterocycles. The number of carbonyl (C=O) groups is 2. The van der Waals surface area contributed by atoms with Crippen LogP contribution in [-0.2, 0) is 4.74 Å². The minimum Gasteiger partial charge on any atom is -0.379 e. The molecule has 0 radical (unpaired) electrons. The normalized spacial score (nSPS) is 22.5. The average molecular weight is 525 g/mol. The van der Waals surface area contributed by atoms with Crippen molar-refractivity contribution in [3.63, 3.8) is 0 Å². The Morgan fingerprint density at radius 1 is 0.718 bits per heavy atom. The van der Waals surface area contributed by atoms with Gasteiger partial charge in [0.05, 0.1) is 13.2 Å². The lowest BCUT2D eigenvalue weighted by Gasteiger charge is -2.44. The van der Waals surface area contributed by atoms with Gasteiger partial charge in [-0.3, -0.25) is 14.5 Å². The fourth-order valence-corrected chi connectivity index (χ4v) is 6.36. The maximum absolute atomic E-state index is 14.2. The van der Waals surface area contributed by atoms with E-state index in [-0.39, 0.29) is 29.3 Å². The van der Waals surface area contributed by atoms with Crippen molar-refractivity contribution in [3.05, 3.63) is 107 Å². The number of hydrogen-bond donors (Lipinski definition) is 0. The van der Waals surface area contributed by atoms with Gasteiger partial charge < -0.3 is 9.64 Å². The molecule has 0 aromatic heterocycles. The summed E-state index contributed by atoms with van der Waals surface area (Å²) in [6.07, 6.45) is 1.01. The standard InChI is InChI=1S/C34H40N2O3/c1-25-11-9-16-29(26(25)2)32-30(33(37)27-12-5-3-6-13-27)23-36(18-10-17-35-19-21-39-22-20-35)24-31(32)34(38)28-14-7-4-8-15-28/h3-9,11-16,30-32H,10,17-24H2,1-2H3. The zero-order valence-corrected chi connectivity index (χ0v) is 23.2. The highest BCUT2D eigenvalue weighted by atomic mass is 16.5. The van der Waals surface area contributed by atoms with Crippen molar-refractivity contribution < 1.29 is 14.3 Å². The molecule has 3 aromatic carbocycles. The van der Waals surface area contributed by atoms with Crippen LogP contribution in [0.15, 0.2) is 78.9 Å². The smallest absolute Gasteiger partial charge is 0.167 e. The van der Waals surface area contributed by atoms with E-state index < -0.39 is 0 Å². The number of piperidine rings is 1. The maximum atomic E-state index is 14.2. The van der Waals surface area contributed by atoms with E-state index >= 15 is 0 Å². The third-order valence-corrected chi connectivity index (χ3v) is 8.62. The van der Waals surface area contributed by atoms with Crippen molar-refractivity contribution in [2.24, 2.45) is 11.8 Å². The van der Waals surface area contributed by atoms with Crippen molar-refractivity contribution in [2.75, 3.05) is 52.5 Å². The molecule has 5 nitrogen and oxygen atoms in total. The van der Waals surface area contributed by atoms with Gasteiger partial charge in [-0.15, -0.1) is 0 Å². The number of benzene rings is 3. The van der Waals surface area contributed by atoms with Gasteiger partial charge in [0, 0.05) is 55.1 Å². The quantitative estimate of drug-likeness (QED) is 0.350. The molecular weight excluding hydrogens is 484 g/mol. The predicted molar refractivity (Wildman–Crippen MR) is 155 cm³/mol. The highest BCUT2D eigenvalue weighted by Gasteiger charge is 2.45. The van der Waals surface area contributed by atoms with Crippen molar-refractivity contribution in [1.29, 1.82) is 0 Å². The van der Waals surface area contributed by atoms with Gasteiger partial charge in [0.2, 0.25) is 0 Å². The molecule has 0 saturated carbocycles. The van der Waals surface area contributed by atoms with Crippen LogP contribution in [0.1, 0.15) is 49.7 Å². The van der Waals surface area contributed by atoms with Crippen LogP contribution >= 0.6 is 0 Å². The summed E-state index contributed by atoms with van der Waals surface area (Å²) in [5, 5.41) is 0. The van der Waals surface area contributed by atoms with Crippen LogP contribution in [0.4, 0.5) is 0 Å². The first-order valence-corrected chi connectivity index (χ1v) is 14.3. The van der Waals surface area contributed by atoms with E-state index in [2.05, 4.69) is 41.8 Å². The molecule has 2 fully saturated rings. The Kier molecular flexibility index (Phi) is 9.02. The lowest BCUT2D eigenvalue weighted by atomic mass is 9.67. The van der Waals surface area contributed by atoms with E-state index in [1.54, 1.807) is 0 Å². The molecule has 2 aliphatic heterocycles. The van der Waals surface area contributed by atoms with Gasteiger partial charge in [0.1, 0.15) is 0 Å². The molecule has 2 aliphatic rings.